The first-order valence-electron chi connectivity index (χ1n) is 7.78. The molecular weight excluding hydrogens is 300 g/mol. The van der Waals surface area contributed by atoms with Crippen LogP contribution in [0.25, 0.3) is 16.9 Å². The van der Waals surface area contributed by atoms with Crippen LogP contribution < -0.4 is 0 Å². The number of nitrogens with zero attached hydrogens (tertiary/aromatic N) is 4. The van der Waals surface area contributed by atoms with Crippen LogP contribution in [0, 0.1) is 13.8 Å². The second-order valence-electron chi connectivity index (χ2n) is 6.00. The number of carbonyl (C=O) groups excluding carboxylic acids is 1. The van der Waals surface area contributed by atoms with Gasteiger partial charge in [-0.15, -0.1) is 0 Å². The average Bonchev–Trinajstić information content (AvgIpc) is 2.92. The summed E-state index contributed by atoms with van der Waals surface area (Å²) in [5.74, 6) is -0.105. The minimum atomic E-state index is -0.105. The third-order valence-electron chi connectivity index (χ3n) is 3.77. The van der Waals surface area contributed by atoms with Crippen LogP contribution in [0.15, 0.2) is 48.5 Å². The van der Waals surface area contributed by atoms with Crippen molar-refractivity contribution in [1.82, 2.24) is 19.7 Å². The molecule has 5 nitrogen and oxygen atoms in total. The molecule has 3 aromatic rings. The molecule has 1 amide bonds. The van der Waals surface area contributed by atoms with Crippen molar-refractivity contribution >= 4 is 5.91 Å². The molecule has 0 spiro atoms. The first kappa shape index (κ1) is 15.9. The number of hydrogen-bond donors (Lipinski definition) is 0. The first-order valence-corrected chi connectivity index (χ1v) is 7.78. The Morgan fingerprint density at radius 3 is 2.46 bits per heavy atom. The van der Waals surface area contributed by atoms with Gasteiger partial charge < -0.3 is 4.90 Å². The van der Waals surface area contributed by atoms with Crippen LogP contribution in [0.2, 0.25) is 0 Å². The maximum atomic E-state index is 12.1. The number of amides is 1. The molecule has 1 aromatic carbocycles. The smallest absolute Gasteiger partial charge is 0.271 e. The molecule has 0 N–H and O–H groups in total. The number of aryl methyl sites for hydroxylation is 2. The Labute approximate surface area is 141 Å². The molecule has 0 atom stereocenters. The summed E-state index contributed by atoms with van der Waals surface area (Å²) in [6, 6.07) is 15.5. The number of benzene rings is 1. The van der Waals surface area contributed by atoms with Crippen molar-refractivity contribution in [3.63, 3.8) is 0 Å². The van der Waals surface area contributed by atoms with Gasteiger partial charge in [-0.3, -0.25) is 4.79 Å². The van der Waals surface area contributed by atoms with Gasteiger partial charge >= 0.3 is 0 Å². The number of hydrogen-bond acceptors (Lipinski definition) is 3. The molecule has 0 bridgehead atoms. The third-order valence-corrected chi connectivity index (χ3v) is 3.77. The van der Waals surface area contributed by atoms with E-state index in [1.807, 2.05) is 61.0 Å². The van der Waals surface area contributed by atoms with Crippen molar-refractivity contribution in [2.45, 2.75) is 13.8 Å². The van der Waals surface area contributed by atoms with Crippen LogP contribution in [0.4, 0.5) is 0 Å². The van der Waals surface area contributed by atoms with Crippen molar-refractivity contribution < 1.29 is 4.79 Å². The molecule has 2 heterocycles. The van der Waals surface area contributed by atoms with E-state index in [0.717, 1.165) is 28.3 Å². The lowest BCUT2D eigenvalue weighted by atomic mass is 10.1. The van der Waals surface area contributed by atoms with Gasteiger partial charge in [-0.25, -0.2) is 9.67 Å². The van der Waals surface area contributed by atoms with Gasteiger partial charge in [0, 0.05) is 25.4 Å². The fourth-order valence-electron chi connectivity index (χ4n) is 2.63. The topological polar surface area (TPSA) is 51.0 Å². The Bertz CT molecular complexity index is 896. The molecular formula is C19H20N4O. The van der Waals surface area contributed by atoms with E-state index < -0.39 is 0 Å². The van der Waals surface area contributed by atoms with E-state index >= 15 is 0 Å². The van der Waals surface area contributed by atoms with Crippen molar-refractivity contribution in [2.24, 2.45) is 0 Å². The van der Waals surface area contributed by atoms with E-state index in [4.69, 9.17) is 0 Å². The molecule has 0 aliphatic carbocycles. The predicted octanol–water partition coefficient (Wildman–Crippen LogP) is 3.25. The summed E-state index contributed by atoms with van der Waals surface area (Å²) in [4.78, 5) is 18.1. The molecule has 5 heteroatoms. The van der Waals surface area contributed by atoms with E-state index in [0.29, 0.717) is 5.69 Å². The SMILES string of the molecule is Cc1cc(C)n(-c2cccc(-c3cccc(C(=O)N(C)C)n3)c2)n1. The molecule has 24 heavy (non-hydrogen) atoms. The van der Waals surface area contributed by atoms with E-state index in [1.54, 1.807) is 20.2 Å². The number of pyridine rings is 1. The molecule has 3 rings (SSSR count). The van der Waals surface area contributed by atoms with E-state index in [2.05, 4.69) is 10.1 Å². The summed E-state index contributed by atoms with van der Waals surface area (Å²) in [5, 5.41) is 4.52. The van der Waals surface area contributed by atoms with Crippen molar-refractivity contribution in [1.29, 1.82) is 0 Å². The highest BCUT2D eigenvalue weighted by Gasteiger charge is 2.11. The van der Waals surface area contributed by atoms with Crippen LogP contribution >= 0.6 is 0 Å². The summed E-state index contributed by atoms with van der Waals surface area (Å²) in [6.45, 7) is 4.01. The minimum Gasteiger partial charge on any atom is -0.343 e. The summed E-state index contributed by atoms with van der Waals surface area (Å²) < 4.78 is 1.91. The zero-order valence-corrected chi connectivity index (χ0v) is 14.3. The molecule has 0 saturated carbocycles. The number of aromatic nitrogens is 3. The molecule has 0 aliphatic rings. The van der Waals surface area contributed by atoms with Crippen molar-refractivity contribution in [3.8, 4) is 16.9 Å². The quantitative estimate of drug-likeness (QED) is 0.744. The molecule has 122 valence electrons. The Hall–Kier alpha value is -2.95. The Balaban J connectivity index is 2.02. The van der Waals surface area contributed by atoms with Gasteiger partial charge in [0.15, 0.2) is 0 Å². The third kappa shape index (κ3) is 3.06. The maximum Gasteiger partial charge on any atom is 0.271 e. The fraction of sp³-hybridized carbons (Fsp3) is 0.211. The van der Waals surface area contributed by atoms with Crippen molar-refractivity contribution in [3.05, 3.63) is 65.6 Å². The Morgan fingerprint density at radius 1 is 1.04 bits per heavy atom. The van der Waals surface area contributed by atoms with E-state index in [-0.39, 0.29) is 5.91 Å². The normalized spacial score (nSPS) is 10.7. The summed E-state index contributed by atoms with van der Waals surface area (Å²) in [6.07, 6.45) is 0. The summed E-state index contributed by atoms with van der Waals surface area (Å²) in [7, 11) is 3.44. The van der Waals surface area contributed by atoms with Crippen molar-refractivity contribution in [2.75, 3.05) is 14.1 Å². The largest absolute Gasteiger partial charge is 0.343 e. The van der Waals surface area contributed by atoms with Crippen LogP contribution in [0.3, 0.4) is 0 Å². The van der Waals surface area contributed by atoms with Crippen LogP contribution in [0.5, 0.6) is 0 Å². The highest BCUT2D eigenvalue weighted by Crippen LogP contribution is 2.22. The van der Waals surface area contributed by atoms with Crippen LogP contribution in [-0.4, -0.2) is 39.7 Å². The highest BCUT2D eigenvalue weighted by molar-refractivity contribution is 5.92. The predicted molar refractivity (Wildman–Crippen MR) is 94.3 cm³/mol. The van der Waals surface area contributed by atoms with Crippen LogP contribution in [-0.2, 0) is 0 Å². The van der Waals surface area contributed by atoms with Gasteiger partial charge in [-0.2, -0.15) is 5.10 Å². The summed E-state index contributed by atoms with van der Waals surface area (Å²) >= 11 is 0. The van der Waals surface area contributed by atoms with Gasteiger partial charge in [-0.05, 0) is 44.2 Å². The maximum absolute atomic E-state index is 12.1. The standard InChI is InChI=1S/C19H20N4O/c1-13-11-14(2)23(21-13)16-8-5-7-15(12-16)17-9-6-10-18(20-17)19(24)22(3)4/h5-12H,1-4H3. The second-order valence-corrected chi connectivity index (χ2v) is 6.00. The van der Waals surface area contributed by atoms with Gasteiger partial charge in [0.25, 0.3) is 5.91 Å². The Kier molecular flexibility index (Phi) is 4.16. The van der Waals surface area contributed by atoms with E-state index in [1.165, 1.54) is 4.90 Å². The Morgan fingerprint density at radius 2 is 1.79 bits per heavy atom. The lowest BCUT2D eigenvalue weighted by molar-refractivity contribution is 0.0822. The summed E-state index contributed by atoms with van der Waals surface area (Å²) in [5.41, 5.74) is 5.20. The highest BCUT2D eigenvalue weighted by atomic mass is 16.2. The number of rotatable bonds is 3. The van der Waals surface area contributed by atoms with Crippen LogP contribution in [0.1, 0.15) is 21.9 Å². The zero-order valence-electron chi connectivity index (χ0n) is 14.3. The fourth-order valence-corrected chi connectivity index (χ4v) is 2.63. The first-order chi connectivity index (χ1) is 11.5. The average molecular weight is 320 g/mol. The lowest BCUT2D eigenvalue weighted by Gasteiger charge is -2.11. The monoisotopic (exact) mass is 320 g/mol. The molecule has 0 saturated heterocycles. The van der Waals surface area contributed by atoms with E-state index in [9.17, 15) is 4.79 Å². The minimum absolute atomic E-state index is 0.105. The molecule has 0 radical (unpaired) electrons. The molecule has 0 unspecified atom stereocenters. The second kappa shape index (κ2) is 6.28. The lowest BCUT2D eigenvalue weighted by Crippen LogP contribution is -2.22. The van der Waals surface area contributed by atoms with Gasteiger partial charge in [-0.1, -0.05) is 18.2 Å². The van der Waals surface area contributed by atoms with Gasteiger partial charge in [0.1, 0.15) is 5.69 Å². The van der Waals surface area contributed by atoms with Gasteiger partial charge in [0.2, 0.25) is 0 Å². The van der Waals surface area contributed by atoms with Gasteiger partial charge in [0.05, 0.1) is 17.1 Å². The zero-order chi connectivity index (χ0) is 17.3. The molecule has 0 fully saturated rings. The number of carbonyl (C=O) groups is 1. The molecule has 0 aliphatic heterocycles. The molecule has 2 aromatic heterocycles.